The number of fused-ring (bicyclic) bond motifs is 1. The number of piperidine rings is 1. The average molecular weight is 489 g/mol. The highest BCUT2D eigenvalue weighted by Gasteiger charge is 2.27. The molecule has 4 rings (SSSR count). The monoisotopic (exact) mass is 488 g/mol. The van der Waals surface area contributed by atoms with Gasteiger partial charge in [-0.1, -0.05) is 41.4 Å². The zero-order valence-corrected chi connectivity index (χ0v) is 20.8. The number of para-hydroxylation sites is 2. The maximum Gasteiger partial charge on any atom is 0.410 e. The molecule has 1 N–H and O–H groups in total. The van der Waals surface area contributed by atoms with Crippen LogP contribution in [-0.4, -0.2) is 45.8 Å². The summed E-state index contributed by atoms with van der Waals surface area (Å²) in [4.78, 5) is 19.1. The number of amides is 1. The Labute approximate surface area is 204 Å². The van der Waals surface area contributed by atoms with Crippen LogP contribution >= 0.6 is 23.2 Å². The largest absolute Gasteiger partial charge is 0.444 e. The smallest absolute Gasteiger partial charge is 0.410 e. The van der Waals surface area contributed by atoms with E-state index in [1.54, 1.807) is 0 Å². The molecule has 1 aromatic heterocycles. The number of benzene rings is 2. The van der Waals surface area contributed by atoms with Crippen molar-refractivity contribution in [2.75, 3.05) is 25.0 Å². The number of hydrogen-bond acceptors (Lipinski definition) is 4. The number of imidazole rings is 1. The predicted octanol–water partition coefficient (Wildman–Crippen LogP) is 6.45. The summed E-state index contributed by atoms with van der Waals surface area (Å²) in [5.41, 5.74) is 2.53. The molecule has 0 bridgehead atoms. The third-order valence-electron chi connectivity index (χ3n) is 5.70. The molecule has 0 saturated carbocycles. The number of carbonyl (C=O) groups is 1. The van der Waals surface area contributed by atoms with E-state index in [4.69, 9.17) is 32.9 Å². The summed E-state index contributed by atoms with van der Waals surface area (Å²) in [6.45, 7) is 8.44. The number of ether oxygens (including phenoxy) is 1. The van der Waals surface area contributed by atoms with E-state index in [1.165, 1.54) is 0 Å². The molecule has 176 valence electrons. The van der Waals surface area contributed by atoms with Gasteiger partial charge in [-0.3, -0.25) is 0 Å². The minimum Gasteiger partial charge on any atom is -0.444 e. The van der Waals surface area contributed by atoms with Crippen LogP contribution in [-0.2, 0) is 11.3 Å². The van der Waals surface area contributed by atoms with Gasteiger partial charge in [0.25, 0.3) is 0 Å². The highest BCUT2D eigenvalue weighted by molar-refractivity contribution is 6.42. The van der Waals surface area contributed by atoms with Crippen molar-refractivity contribution in [3.8, 4) is 0 Å². The highest BCUT2D eigenvalue weighted by atomic mass is 35.5. The Balaban J connectivity index is 1.49. The summed E-state index contributed by atoms with van der Waals surface area (Å²) in [6, 6.07) is 13.8. The molecule has 0 radical (unpaired) electrons. The van der Waals surface area contributed by atoms with Gasteiger partial charge in [-0.05, 0) is 69.4 Å². The third kappa shape index (κ3) is 5.92. The normalized spacial score (nSPS) is 16.8. The van der Waals surface area contributed by atoms with Gasteiger partial charge in [0.1, 0.15) is 5.60 Å². The Hall–Kier alpha value is -2.44. The molecule has 1 aliphatic rings. The lowest BCUT2D eigenvalue weighted by molar-refractivity contribution is 0.0172. The maximum atomic E-state index is 12.5. The summed E-state index contributed by atoms with van der Waals surface area (Å²) < 4.78 is 7.72. The molecular formula is C25H30Cl2N4O2. The first kappa shape index (κ1) is 23.7. The van der Waals surface area contributed by atoms with Crippen LogP contribution in [0.1, 0.15) is 39.2 Å². The van der Waals surface area contributed by atoms with Crippen LogP contribution in [0.5, 0.6) is 0 Å². The Morgan fingerprint density at radius 2 is 1.97 bits per heavy atom. The number of halogens is 2. The van der Waals surface area contributed by atoms with E-state index in [9.17, 15) is 4.79 Å². The summed E-state index contributed by atoms with van der Waals surface area (Å²) in [5.74, 6) is 1.13. The maximum absolute atomic E-state index is 12.5. The molecular weight excluding hydrogens is 459 g/mol. The molecule has 33 heavy (non-hydrogen) atoms. The molecule has 2 aromatic carbocycles. The molecule has 1 unspecified atom stereocenters. The molecule has 1 amide bonds. The van der Waals surface area contributed by atoms with E-state index in [2.05, 4.69) is 16.0 Å². The Kier molecular flexibility index (Phi) is 7.05. The molecule has 8 heteroatoms. The summed E-state index contributed by atoms with van der Waals surface area (Å²) >= 11 is 12.3. The first-order valence-electron chi connectivity index (χ1n) is 11.3. The summed E-state index contributed by atoms with van der Waals surface area (Å²) in [7, 11) is 0. The van der Waals surface area contributed by atoms with Crippen LogP contribution in [0.25, 0.3) is 11.0 Å². The molecule has 0 aliphatic carbocycles. The zero-order valence-electron chi connectivity index (χ0n) is 19.3. The topological polar surface area (TPSA) is 59.4 Å². The molecule has 2 heterocycles. The minimum atomic E-state index is -0.488. The highest BCUT2D eigenvalue weighted by Crippen LogP contribution is 2.27. The molecule has 0 spiro atoms. The van der Waals surface area contributed by atoms with Gasteiger partial charge in [0, 0.05) is 19.6 Å². The van der Waals surface area contributed by atoms with Crippen molar-refractivity contribution in [1.82, 2.24) is 14.5 Å². The first-order chi connectivity index (χ1) is 15.7. The van der Waals surface area contributed by atoms with E-state index in [1.807, 2.05) is 62.1 Å². The lowest BCUT2D eigenvalue weighted by Crippen LogP contribution is -2.44. The summed E-state index contributed by atoms with van der Waals surface area (Å²) in [5, 5.41) is 4.62. The molecule has 1 atom stereocenters. The zero-order chi connectivity index (χ0) is 23.6. The number of rotatable bonds is 5. The van der Waals surface area contributed by atoms with Crippen LogP contribution < -0.4 is 5.32 Å². The van der Waals surface area contributed by atoms with Crippen molar-refractivity contribution in [2.24, 2.45) is 5.92 Å². The van der Waals surface area contributed by atoms with Gasteiger partial charge < -0.3 is 19.5 Å². The van der Waals surface area contributed by atoms with Crippen LogP contribution in [0.4, 0.5) is 10.7 Å². The number of nitrogens with one attached hydrogen (secondary N) is 1. The molecule has 1 saturated heterocycles. The summed E-state index contributed by atoms with van der Waals surface area (Å²) in [6.07, 6.45) is 1.78. The third-order valence-corrected chi connectivity index (χ3v) is 6.44. The van der Waals surface area contributed by atoms with Gasteiger partial charge >= 0.3 is 6.09 Å². The molecule has 1 aliphatic heterocycles. The van der Waals surface area contributed by atoms with E-state index >= 15 is 0 Å². The second-order valence-electron chi connectivity index (χ2n) is 9.57. The molecule has 1 fully saturated rings. The van der Waals surface area contributed by atoms with E-state index in [0.717, 1.165) is 48.5 Å². The second kappa shape index (κ2) is 9.82. The fourth-order valence-corrected chi connectivity index (χ4v) is 4.47. The van der Waals surface area contributed by atoms with Gasteiger partial charge in [-0.2, -0.15) is 0 Å². The van der Waals surface area contributed by atoms with Gasteiger partial charge in [0.05, 0.1) is 27.6 Å². The number of anilines is 1. The van der Waals surface area contributed by atoms with Crippen molar-refractivity contribution in [2.45, 2.75) is 45.8 Å². The predicted molar refractivity (Wildman–Crippen MR) is 134 cm³/mol. The quantitative estimate of drug-likeness (QED) is 0.448. The Morgan fingerprint density at radius 1 is 1.18 bits per heavy atom. The van der Waals surface area contributed by atoms with Crippen LogP contribution in [0.15, 0.2) is 42.5 Å². The van der Waals surface area contributed by atoms with E-state index in [-0.39, 0.29) is 6.09 Å². The Morgan fingerprint density at radius 3 is 2.73 bits per heavy atom. The molecule has 6 nitrogen and oxygen atoms in total. The Bertz CT molecular complexity index is 1140. The SMILES string of the molecule is CC(C)(C)OC(=O)N1CCCC(CNc2nc3ccccc3n2Cc2ccc(Cl)c(Cl)c2)C1. The van der Waals surface area contributed by atoms with Crippen molar-refractivity contribution in [3.05, 3.63) is 58.1 Å². The van der Waals surface area contributed by atoms with Crippen molar-refractivity contribution >= 4 is 46.3 Å². The first-order valence-corrected chi connectivity index (χ1v) is 12.1. The number of hydrogen-bond donors (Lipinski definition) is 1. The van der Waals surface area contributed by atoms with Gasteiger partial charge in [0.15, 0.2) is 0 Å². The average Bonchev–Trinajstić information content (AvgIpc) is 3.11. The molecule has 3 aromatic rings. The van der Waals surface area contributed by atoms with Gasteiger partial charge in [-0.15, -0.1) is 0 Å². The van der Waals surface area contributed by atoms with E-state index in [0.29, 0.717) is 29.1 Å². The number of likely N-dealkylation sites (tertiary alicyclic amines) is 1. The van der Waals surface area contributed by atoms with Crippen molar-refractivity contribution < 1.29 is 9.53 Å². The standard InChI is InChI=1S/C25H30Cl2N4O2/c1-25(2,3)33-24(32)30-12-6-7-18(15-30)14-28-23-29-21-8-4-5-9-22(21)31(23)16-17-10-11-19(26)20(27)13-17/h4-5,8-11,13,18H,6-7,12,14-16H2,1-3H3,(H,28,29). The van der Waals surface area contributed by atoms with Crippen LogP contribution in [0.3, 0.4) is 0 Å². The fourth-order valence-electron chi connectivity index (χ4n) is 4.15. The van der Waals surface area contributed by atoms with Crippen LogP contribution in [0.2, 0.25) is 10.0 Å². The van der Waals surface area contributed by atoms with Gasteiger partial charge in [-0.25, -0.2) is 9.78 Å². The second-order valence-corrected chi connectivity index (χ2v) is 10.4. The number of carbonyl (C=O) groups excluding carboxylic acids is 1. The van der Waals surface area contributed by atoms with E-state index < -0.39 is 5.60 Å². The van der Waals surface area contributed by atoms with Gasteiger partial charge in [0.2, 0.25) is 5.95 Å². The minimum absolute atomic E-state index is 0.237. The van der Waals surface area contributed by atoms with Crippen LogP contribution in [0, 0.1) is 5.92 Å². The lowest BCUT2D eigenvalue weighted by atomic mass is 9.98. The van der Waals surface area contributed by atoms with Crippen molar-refractivity contribution in [1.29, 1.82) is 0 Å². The number of nitrogens with zero attached hydrogens (tertiary/aromatic N) is 3. The fraction of sp³-hybridized carbons (Fsp3) is 0.440. The lowest BCUT2D eigenvalue weighted by Gasteiger charge is -2.34. The van der Waals surface area contributed by atoms with Crippen molar-refractivity contribution in [3.63, 3.8) is 0 Å². The number of aromatic nitrogens is 2.